The third-order valence-electron chi connectivity index (χ3n) is 7.31. The van der Waals surface area contributed by atoms with Crippen molar-refractivity contribution in [3.63, 3.8) is 0 Å². The predicted molar refractivity (Wildman–Crippen MR) is 157 cm³/mol. The average Bonchev–Trinajstić information content (AvgIpc) is 3.65. The molecule has 2 saturated heterocycles. The lowest BCUT2D eigenvalue weighted by Crippen LogP contribution is -2.20. The molecule has 2 aromatic rings. The molecule has 0 bridgehead atoms. The van der Waals surface area contributed by atoms with Crippen LogP contribution in [0.2, 0.25) is 0 Å². The van der Waals surface area contributed by atoms with Crippen LogP contribution in [0.15, 0.2) is 48.5 Å². The minimum Gasteiger partial charge on any atom is -0.494 e. The Morgan fingerprint density at radius 3 is 1.50 bits per heavy atom. The Labute approximate surface area is 230 Å². The highest BCUT2D eigenvalue weighted by Crippen LogP contribution is 2.15. The highest BCUT2D eigenvalue weighted by Gasteiger charge is 2.10. The second-order valence-electron chi connectivity index (χ2n) is 10.6. The van der Waals surface area contributed by atoms with Crippen LogP contribution in [-0.4, -0.2) is 68.1 Å². The van der Waals surface area contributed by atoms with Crippen LogP contribution >= 0.6 is 0 Å². The molecule has 0 aromatic heterocycles. The number of likely N-dealkylation sites (tertiary alicyclic amines) is 2. The number of ketones is 1. The van der Waals surface area contributed by atoms with E-state index in [-0.39, 0.29) is 5.78 Å². The van der Waals surface area contributed by atoms with Crippen molar-refractivity contribution in [1.82, 2.24) is 9.80 Å². The number of unbranched alkanes of at least 4 members (excludes halogenated alkanes) is 4. The number of anilines is 1. The summed E-state index contributed by atoms with van der Waals surface area (Å²) >= 11 is 0. The van der Waals surface area contributed by atoms with Gasteiger partial charge < -0.3 is 25.0 Å². The lowest BCUT2D eigenvalue weighted by molar-refractivity contribution is 0.101. The molecule has 210 valence electrons. The number of hydrogen-bond donors (Lipinski definition) is 1. The van der Waals surface area contributed by atoms with E-state index in [0.29, 0.717) is 0 Å². The van der Waals surface area contributed by atoms with Crippen LogP contribution < -0.4 is 15.2 Å². The molecule has 0 amide bonds. The van der Waals surface area contributed by atoms with Crippen molar-refractivity contribution in [3.05, 3.63) is 54.1 Å². The summed E-state index contributed by atoms with van der Waals surface area (Å²) in [5, 5.41) is 0. The smallest absolute Gasteiger partial charge is 0.159 e. The number of carbonyl (C=O) groups excluding carboxylic acids is 1. The first-order valence-electron chi connectivity index (χ1n) is 14.8. The summed E-state index contributed by atoms with van der Waals surface area (Å²) in [7, 11) is 0. The number of nitrogen functional groups attached to an aromatic ring is 1. The quantitative estimate of drug-likeness (QED) is 0.164. The molecule has 6 heteroatoms. The number of benzene rings is 2. The summed E-state index contributed by atoms with van der Waals surface area (Å²) < 4.78 is 11.4. The van der Waals surface area contributed by atoms with E-state index in [1.165, 1.54) is 90.6 Å². The lowest BCUT2D eigenvalue weighted by atomic mass is 10.1. The average molecular weight is 524 g/mol. The summed E-state index contributed by atoms with van der Waals surface area (Å²) in [4.78, 5) is 16.3. The van der Waals surface area contributed by atoms with Crippen LogP contribution in [0.1, 0.15) is 81.5 Å². The molecule has 6 nitrogen and oxygen atoms in total. The van der Waals surface area contributed by atoms with Crippen LogP contribution in [-0.2, 0) is 0 Å². The predicted octanol–water partition coefficient (Wildman–Crippen LogP) is 6.45. The van der Waals surface area contributed by atoms with Gasteiger partial charge >= 0.3 is 0 Å². The fourth-order valence-electron chi connectivity index (χ4n) is 4.97. The van der Waals surface area contributed by atoms with Gasteiger partial charge in [-0.05, 0) is 159 Å². The minimum absolute atomic E-state index is 0.0958. The Kier molecular flexibility index (Phi) is 14.1. The van der Waals surface area contributed by atoms with Gasteiger partial charge in [0.05, 0.1) is 13.2 Å². The van der Waals surface area contributed by atoms with Gasteiger partial charge in [-0.25, -0.2) is 0 Å². The molecular weight excluding hydrogens is 474 g/mol. The van der Waals surface area contributed by atoms with Crippen molar-refractivity contribution < 1.29 is 14.3 Å². The summed E-state index contributed by atoms with van der Waals surface area (Å²) in [6, 6.07) is 15.0. The molecule has 0 aliphatic carbocycles. The Hall–Kier alpha value is -2.57. The first kappa shape index (κ1) is 30.0. The molecule has 4 rings (SSSR count). The third-order valence-corrected chi connectivity index (χ3v) is 7.31. The highest BCUT2D eigenvalue weighted by molar-refractivity contribution is 5.94. The van der Waals surface area contributed by atoms with E-state index >= 15 is 0 Å². The second-order valence-corrected chi connectivity index (χ2v) is 10.6. The Bertz CT molecular complexity index is 889. The fourth-order valence-corrected chi connectivity index (χ4v) is 4.97. The highest BCUT2D eigenvalue weighted by atomic mass is 16.5. The zero-order valence-electron chi connectivity index (χ0n) is 23.5. The van der Waals surface area contributed by atoms with Gasteiger partial charge in [0, 0.05) is 11.3 Å². The maximum absolute atomic E-state index is 11.2. The molecule has 2 aliphatic heterocycles. The molecule has 2 aromatic carbocycles. The van der Waals surface area contributed by atoms with E-state index in [0.717, 1.165) is 48.8 Å². The van der Waals surface area contributed by atoms with Gasteiger partial charge in [0.1, 0.15) is 11.5 Å². The monoisotopic (exact) mass is 523 g/mol. The van der Waals surface area contributed by atoms with E-state index < -0.39 is 0 Å². The van der Waals surface area contributed by atoms with Gasteiger partial charge in [-0.15, -0.1) is 0 Å². The van der Waals surface area contributed by atoms with Crippen LogP contribution in [0.3, 0.4) is 0 Å². The molecule has 0 unspecified atom stereocenters. The normalized spacial score (nSPS) is 15.7. The molecule has 0 spiro atoms. The van der Waals surface area contributed by atoms with Crippen molar-refractivity contribution in [2.75, 3.05) is 58.2 Å². The summed E-state index contributed by atoms with van der Waals surface area (Å²) in [6.07, 6.45) is 12.8. The lowest BCUT2D eigenvalue weighted by Gasteiger charge is -2.13. The van der Waals surface area contributed by atoms with Gasteiger partial charge in [-0.1, -0.05) is 0 Å². The minimum atomic E-state index is 0.0958. The molecule has 2 N–H and O–H groups in total. The van der Waals surface area contributed by atoms with Gasteiger partial charge in [0.25, 0.3) is 0 Å². The first-order valence-corrected chi connectivity index (χ1v) is 14.8. The Balaban J connectivity index is 0.000000212. The Morgan fingerprint density at radius 1 is 0.658 bits per heavy atom. The Morgan fingerprint density at radius 2 is 1.08 bits per heavy atom. The molecule has 0 saturated carbocycles. The zero-order valence-corrected chi connectivity index (χ0v) is 23.5. The van der Waals surface area contributed by atoms with Gasteiger partial charge in [-0.2, -0.15) is 0 Å². The van der Waals surface area contributed by atoms with Crippen molar-refractivity contribution >= 4 is 11.5 Å². The van der Waals surface area contributed by atoms with Crippen LogP contribution in [0, 0.1) is 0 Å². The maximum Gasteiger partial charge on any atom is 0.159 e. The molecule has 2 aliphatic rings. The standard InChI is InChI=1S/C17H25NO2.C15H24N2O/c1-15(19)16-7-9-17(10-8-16)20-14-6-2-3-11-18-12-4-5-13-18;16-14-6-8-15(9-7-14)18-13-5-1-2-10-17-11-3-4-12-17/h7-10H,2-6,11-14H2,1H3;6-9H,1-5,10-13,16H2. The number of nitrogens with two attached hydrogens (primary N) is 1. The molecule has 2 fully saturated rings. The molecule has 38 heavy (non-hydrogen) atoms. The van der Waals surface area contributed by atoms with Crippen molar-refractivity contribution in [3.8, 4) is 11.5 Å². The van der Waals surface area contributed by atoms with E-state index in [1.54, 1.807) is 6.92 Å². The number of nitrogens with zero attached hydrogens (tertiary/aromatic N) is 2. The van der Waals surface area contributed by atoms with Crippen LogP contribution in [0.4, 0.5) is 5.69 Å². The first-order chi connectivity index (χ1) is 18.6. The number of hydrogen-bond acceptors (Lipinski definition) is 6. The zero-order chi connectivity index (χ0) is 26.8. The summed E-state index contributed by atoms with van der Waals surface area (Å²) in [5.74, 6) is 1.87. The largest absolute Gasteiger partial charge is 0.494 e. The van der Waals surface area contributed by atoms with Gasteiger partial charge in [0.15, 0.2) is 5.78 Å². The van der Waals surface area contributed by atoms with Crippen molar-refractivity contribution in [2.45, 2.75) is 71.1 Å². The second kappa shape index (κ2) is 17.8. The fraction of sp³-hybridized carbons (Fsp3) is 0.594. The number of ether oxygens (including phenoxy) is 2. The SMILES string of the molecule is CC(=O)c1ccc(OCCCCCN2CCCC2)cc1.Nc1ccc(OCCCCCN2CCCC2)cc1. The van der Waals surface area contributed by atoms with Crippen LogP contribution in [0.25, 0.3) is 0 Å². The number of carbonyl (C=O) groups is 1. The van der Waals surface area contributed by atoms with E-state index in [2.05, 4.69) is 9.80 Å². The summed E-state index contributed by atoms with van der Waals surface area (Å²) in [6.45, 7) is 10.9. The van der Waals surface area contributed by atoms with Gasteiger partial charge in [-0.3, -0.25) is 4.79 Å². The number of rotatable bonds is 15. The van der Waals surface area contributed by atoms with E-state index in [4.69, 9.17) is 15.2 Å². The third kappa shape index (κ3) is 12.3. The van der Waals surface area contributed by atoms with E-state index in [9.17, 15) is 4.79 Å². The van der Waals surface area contributed by atoms with Gasteiger partial charge in [0.2, 0.25) is 0 Å². The topological polar surface area (TPSA) is 68.0 Å². The molecule has 2 heterocycles. The van der Waals surface area contributed by atoms with E-state index in [1.807, 2.05) is 48.5 Å². The molecule has 0 atom stereocenters. The maximum atomic E-state index is 11.2. The van der Waals surface area contributed by atoms with Crippen LogP contribution in [0.5, 0.6) is 11.5 Å². The molecule has 0 radical (unpaired) electrons. The molecular formula is C32H49N3O3. The van der Waals surface area contributed by atoms with Crippen molar-refractivity contribution in [2.24, 2.45) is 0 Å². The summed E-state index contributed by atoms with van der Waals surface area (Å²) in [5.41, 5.74) is 7.14. The van der Waals surface area contributed by atoms with Crippen molar-refractivity contribution in [1.29, 1.82) is 0 Å². The number of Topliss-reactive ketones (excluding diaryl/α,β-unsaturated/α-hetero) is 1.